The maximum absolute atomic E-state index is 11.6. The van der Waals surface area contributed by atoms with E-state index >= 15 is 0 Å². The second-order valence-corrected chi connectivity index (χ2v) is 6.26. The average Bonchev–Trinajstić information content (AvgIpc) is 3.23. The van der Waals surface area contributed by atoms with Crippen molar-refractivity contribution >= 4 is 5.91 Å². The van der Waals surface area contributed by atoms with Gasteiger partial charge in [-0.1, -0.05) is 19.1 Å². The minimum Gasteiger partial charge on any atom is -0.497 e. The lowest BCUT2D eigenvalue weighted by molar-refractivity contribution is -0.120. The van der Waals surface area contributed by atoms with Crippen molar-refractivity contribution in [3.63, 3.8) is 0 Å². The van der Waals surface area contributed by atoms with Gasteiger partial charge in [0.15, 0.2) is 11.5 Å². The molecule has 1 aliphatic heterocycles. The van der Waals surface area contributed by atoms with Crippen molar-refractivity contribution in [3.8, 4) is 28.4 Å². The van der Waals surface area contributed by atoms with Crippen molar-refractivity contribution in [3.05, 3.63) is 41.5 Å². The van der Waals surface area contributed by atoms with Crippen LogP contribution >= 0.6 is 0 Å². The average molecular weight is 339 g/mol. The molecule has 1 atom stereocenters. The molecule has 25 heavy (non-hydrogen) atoms. The zero-order valence-corrected chi connectivity index (χ0v) is 14.4. The van der Waals surface area contributed by atoms with Gasteiger partial charge in [-0.2, -0.15) is 0 Å². The van der Waals surface area contributed by atoms with Crippen LogP contribution in [0.2, 0.25) is 0 Å². The third kappa shape index (κ3) is 2.60. The molecule has 0 fully saturated rings. The smallest absolute Gasteiger partial charge is 0.231 e. The fourth-order valence-corrected chi connectivity index (χ4v) is 3.71. The normalized spacial score (nSPS) is 16.3. The summed E-state index contributed by atoms with van der Waals surface area (Å²) in [6.07, 6.45) is 1.30. The van der Waals surface area contributed by atoms with Crippen LogP contribution in [0.15, 0.2) is 30.3 Å². The van der Waals surface area contributed by atoms with Crippen molar-refractivity contribution < 1.29 is 19.0 Å². The highest BCUT2D eigenvalue weighted by atomic mass is 16.7. The predicted molar refractivity (Wildman–Crippen MR) is 94.3 cm³/mol. The molecule has 0 saturated carbocycles. The Hall–Kier alpha value is -2.69. The summed E-state index contributed by atoms with van der Waals surface area (Å²) in [6.45, 7) is 2.74. The molecule has 0 spiro atoms. The summed E-state index contributed by atoms with van der Waals surface area (Å²) in [5, 5.41) is 2.97. The van der Waals surface area contributed by atoms with Gasteiger partial charge in [-0.15, -0.1) is 0 Å². The largest absolute Gasteiger partial charge is 0.497 e. The molecule has 1 aliphatic carbocycles. The predicted octanol–water partition coefficient (Wildman–Crippen LogP) is 3.45. The van der Waals surface area contributed by atoms with E-state index in [2.05, 4.69) is 23.5 Å². The molecule has 1 N–H and O–H groups in total. The minimum atomic E-state index is 0.0713. The van der Waals surface area contributed by atoms with E-state index < -0.39 is 0 Å². The number of hydrogen-bond acceptors (Lipinski definition) is 4. The van der Waals surface area contributed by atoms with E-state index in [0.29, 0.717) is 13.0 Å². The first-order valence-electron chi connectivity index (χ1n) is 8.60. The Morgan fingerprint density at radius 1 is 1.24 bits per heavy atom. The maximum Gasteiger partial charge on any atom is 0.231 e. The summed E-state index contributed by atoms with van der Waals surface area (Å²) in [5.41, 5.74) is 4.74. The van der Waals surface area contributed by atoms with E-state index in [9.17, 15) is 4.79 Å². The van der Waals surface area contributed by atoms with Crippen LogP contribution in [-0.2, 0) is 4.79 Å². The van der Waals surface area contributed by atoms with E-state index in [4.69, 9.17) is 14.2 Å². The van der Waals surface area contributed by atoms with Crippen LogP contribution in [0.25, 0.3) is 11.1 Å². The molecule has 0 radical (unpaired) electrons. The van der Waals surface area contributed by atoms with E-state index in [-0.39, 0.29) is 18.6 Å². The molecule has 2 aliphatic rings. The summed E-state index contributed by atoms with van der Waals surface area (Å²) >= 11 is 0. The second kappa shape index (κ2) is 6.31. The topological polar surface area (TPSA) is 56.8 Å². The number of methoxy groups -OCH3 is 1. The first-order valence-corrected chi connectivity index (χ1v) is 8.60. The van der Waals surface area contributed by atoms with Crippen LogP contribution in [-0.4, -0.2) is 26.4 Å². The van der Waals surface area contributed by atoms with E-state index in [0.717, 1.165) is 29.2 Å². The summed E-state index contributed by atoms with van der Waals surface area (Å²) in [4.78, 5) is 11.6. The highest BCUT2D eigenvalue weighted by molar-refractivity contribution is 5.83. The number of amides is 1. The Balaban J connectivity index is 1.74. The fourth-order valence-electron chi connectivity index (χ4n) is 3.71. The third-order valence-electron chi connectivity index (χ3n) is 4.93. The minimum absolute atomic E-state index is 0.0713. The number of hydrogen-bond donors (Lipinski definition) is 1. The lowest BCUT2D eigenvalue weighted by Crippen LogP contribution is -2.24. The molecule has 5 nitrogen and oxygen atoms in total. The maximum atomic E-state index is 11.6. The number of ether oxygens (including phenoxy) is 3. The molecule has 0 saturated heterocycles. The molecule has 1 heterocycles. The van der Waals surface area contributed by atoms with Crippen LogP contribution < -0.4 is 19.5 Å². The van der Waals surface area contributed by atoms with Gasteiger partial charge in [0.2, 0.25) is 12.7 Å². The van der Waals surface area contributed by atoms with Crippen molar-refractivity contribution in [2.45, 2.75) is 25.7 Å². The second-order valence-electron chi connectivity index (χ2n) is 6.26. The number of rotatable bonds is 5. The van der Waals surface area contributed by atoms with Gasteiger partial charge < -0.3 is 19.5 Å². The van der Waals surface area contributed by atoms with Gasteiger partial charge in [-0.25, -0.2) is 0 Å². The fraction of sp³-hybridized carbons (Fsp3) is 0.350. The lowest BCUT2D eigenvalue weighted by Gasteiger charge is -2.16. The van der Waals surface area contributed by atoms with Crippen molar-refractivity contribution in [2.75, 3.05) is 20.4 Å². The van der Waals surface area contributed by atoms with Crippen LogP contribution in [0, 0.1) is 0 Å². The molecule has 2 aromatic rings. The molecular weight excluding hydrogens is 318 g/mol. The number of fused-ring (bicyclic) bond motifs is 5. The molecule has 1 unspecified atom stereocenters. The number of nitrogens with one attached hydrogen (secondary N) is 1. The van der Waals surface area contributed by atoms with Crippen LogP contribution in [0.4, 0.5) is 0 Å². The Morgan fingerprint density at radius 3 is 2.88 bits per heavy atom. The van der Waals surface area contributed by atoms with Gasteiger partial charge in [0.1, 0.15) is 5.75 Å². The van der Waals surface area contributed by atoms with Crippen LogP contribution in [0.1, 0.15) is 36.8 Å². The quantitative estimate of drug-likeness (QED) is 0.906. The monoisotopic (exact) mass is 339 g/mol. The Bertz CT molecular complexity index is 831. The standard InChI is InChI=1S/C20H21NO4/c1-3-18(22)21-9-8-15-16-10-12(23-2)4-5-13(16)14-6-7-17-20(19(14)15)25-11-24-17/h4-7,10,15H,3,8-9,11H2,1-2H3,(H,21,22). The van der Waals surface area contributed by atoms with Gasteiger partial charge in [0, 0.05) is 24.4 Å². The molecule has 4 rings (SSSR count). The van der Waals surface area contributed by atoms with Crippen molar-refractivity contribution in [1.29, 1.82) is 0 Å². The lowest BCUT2D eigenvalue weighted by atomic mass is 9.92. The molecule has 130 valence electrons. The highest BCUT2D eigenvalue weighted by Crippen LogP contribution is 2.54. The zero-order valence-electron chi connectivity index (χ0n) is 14.4. The molecule has 5 heteroatoms. The van der Waals surface area contributed by atoms with Crippen molar-refractivity contribution in [2.24, 2.45) is 0 Å². The summed E-state index contributed by atoms with van der Waals surface area (Å²) in [6, 6.07) is 10.2. The number of benzene rings is 2. The Morgan fingerprint density at radius 2 is 2.08 bits per heavy atom. The summed E-state index contributed by atoms with van der Waals surface area (Å²) in [5.74, 6) is 2.68. The Labute approximate surface area is 146 Å². The number of carbonyl (C=O) groups excluding carboxylic acids is 1. The molecule has 0 bridgehead atoms. The highest BCUT2D eigenvalue weighted by Gasteiger charge is 2.35. The van der Waals surface area contributed by atoms with Gasteiger partial charge in [-0.05, 0) is 41.3 Å². The van der Waals surface area contributed by atoms with Crippen LogP contribution in [0.5, 0.6) is 17.2 Å². The van der Waals surface area contributed by atoms with Gasteiger partial charge in [0.05, 0.1) is 7.11 Å². The molecule has 2 aromatic carbocycles. The number of carbonyl (C=O) groups is 1. The summed E-state index contributed by atoms with van der Waals surface area (Å²) in [7, 11) is 1.68. The SMILES string of the molecule is CCC(=O)NCCC1c2cc(OC)ccc2-c2ccc3c(c21)OCO3. The van der Waals surface area contributed by atoms with E-state index in [1.54, 1.807) is 7.11 Å². The molecule has 1 amide bonds. The van der Waals surface area contributed by atoms with Gasteiger partial charge >= 0.3 is 0 Å². The third-order valence-corrected chi connectivity index (χ3v) is 4.93. The van der Waals surface area contributed by atoms with Crippen LogP contribution in [0.3, 0.4) is 0 Å². The molecular formula is C20H21NO4. The first-order chi connectivity index (χ1) is 12.2. The van der Waals surface area contributed by atoms with Crippen molar-refractivity contribution in [1.82, 2.24) is 5.32 Å². The van der Waals surface area contributed by atoms with E-state index in [1.807, 2.05) is 19.1 Å². The van der Waals surface area contributed by atoms with Gasteiger partial charge in [-0.3, -0.25) is 4.79 Å². The summed E-state index contributed by atoms with van der Waals surface area (Å²) < 4.78 is 16.7. The zero-order chi connectivity index (χ0) is 17.4. The van der Waals surface area contributed by atoms with E-state index in [1.165, 1.54) is 16.7 Å². The van der Waals surface area contributed by atoms with Gasteiger partial charge in [0.25, 0.3) is 0 Å². The Kier molecular flexibility index (Phi) is 3.99. The first kappa shape index (κ1) is 15.8. The molecule has 0 aromatic heterocycles.